The van der Waals surface area contributed by atoms with Crippen molar-refractivity contribution in [3.63, 3.8) is 0 Å². The van der Waals surface area contributed by atoms with Crippen LogP contribution in [0.3, 0.4) is 0 Å². The summed E-state index contributed by atoms with van der Waals surface area (Å²) in [7, 11) is -3.94. The topological polar surface area (TPSA) is 96.9 Å². The van der Waals surface area contributed by atoms with Crippen LogP contribution in [0.25, 0.3) is 11.3 Å². The molecule has 1 N–H and O–H groups in total. The third-order valence-corrected chi connectivity index (χ3v) is 3.28. The molecule has 0 amide bonds. The third-order valence-electron chi connectivity index (χ3n) is 2.48. The zero-order valence-corrected chi connectivity index (χ0v) is 11.2. The van der Waals surface area contributed by atoms with E-state index in [-0.39, 0.29) is 12.2 Å². The predicted octanol–water partition coefficient (Wildman–Crippen LogP) is 0.243. The van der Waals surface area contributed by atoms with Crippen molar-refractivity contribution in [2.45, 2.75) is 13.0 Å². The minimum absolute atomic E-state index is 0.256. The molecule has 2 aromatic heterocycles. The minimum atomic E-state index is -3.94. The maximum absolute atomic E-state index is 12.6. The highest BCUT2D eigenvalue weighted by Gasteiger charge is 2.09. The predicted molar refractivity (Wildman–Crippen MR) is 66.4 cm³/mol. The van der Waals surface area contributed by atoms with Crippen molar-refractivity contribution < 1.29 is 22.0 Å². The second-order valence-electron chi connectivity index (χ2n) is 4.04. The molecule has 0 radical (unpaired) electrons. The number of rotatable bonds is 5. The number of halogens is 1. The van der Waals surface area contributed by atoms with Gasteiger partial charge in [-0.3, -0.25) is 4.55 Å². The molecule has 0 aliphatic heterocycles. The summed E-state index contributed by atoms with van der Waals surface area (Å²) in [6.45, 7) is 0.356. The second-order valence-corrected chi connectivity index (χ2v) is 5.61. The molecule has 0 aliphatic carbocycles. The van der Waals surface area contributed by atoms with Gasteiger partial charge >= 0.3 is 0 Å². The maximum Gasteiger partial charge on any atom is 0.265 e. The van der Waals surface area contributed by atoms with Crippen LogP contribution in [0, 0.1) is 5.95 Å². The molecular weight excluding hydrogens is 287 g/mol. The van der Waals surface area contributed by atoms with Gasteiger partial charge in [0.25, 0.3) is 10.1 Å². The van der Waals surface area contributed by atoms with Gasteiger partial charge in [-0.15, -0.1) is 0 Å². The van der Waals surface area contributed by atoms with Gasteiger partial charge < -0.3 is 0 Å². The van der Waals surface area contributed by atoms with Crippen LogP contribution in [0.2, 0.25) is 0 Å². The van der Waals surface area contributed by atoms with Crippen molar-refractivity contribution in [3.8, 4) is 11.3 Å². The van der Waals surface area contributed by atoms with E-state index in [0.717, 1.165) is 6.20 Å². The Morgan fingerprint density at radius 2 is 2.05 bits per heavy atom. The molecule has 0 atom stereocenters. The number of nitrogens with zero attached hydrogens (tertiary/aromatic N) is 4. The lowest BCUT2D eigenvalue weighted by atomic mass is 10.2. The molecule has 0 saturated carbocycles. The summed E-state index contributed by atoms with van der Waals surface area (Å²) in [5, 5.41) is 4.08. The lowest BCUT2D eigenvalue weighted by Gasteiger charge is -1.98. The summed E-state index contributed by atoms with van der Waals surface area (Å²) in [6, 6.07) is 1.71. The van der Waals surface area contributed by atoms with Gasteiger partial charge in [0.1, 0.15) is 6.20 Å². The lowest BCUT2D eigenvalue weighted by Crippen LogP contribution is -2.38. The van der Waals surface area contributed by atoms with Crippen molar-refractivity contribution in [3.05, 3.63) is 36.8 Å². The Balaban J connectivity index is 2.01. The van der Waals surface area contributed by atoms with Crippen LogP contribution in [-0.2, 0) is 16.7 Å². The first-order valence-electron chi connectivity index (χ1n) is 5.73. The van der Waals surface area contributed by atoms with Gasteiger partial charge in [-0.1, -0.05) is 4.68 Å². The fraction of sp³-hybridized carbons (Fsp3) is 0.273. The van der Waals surface area contributed by atoms with Crippen LogP contribution in [0.1, 0.15) is 6.42 Å². The molecule has 0 aliphatic rings. The molecule has 0 spiro atoms. The molecule has 0 fully saturated rings. The van der Waals surface area contributed by atoms with E-state index in [1.807, 2.05) is 0 Å². The molecule has 106 valence electrons. The Morgan fingerprint density at radius 3 is 2.60 bits per heavy atom. The summed E-state index contributed by atoms with van der Waals surface area (Å²) < 4.78 is 43.9. The molecular formula is C11H12FN4O3S+. The Bertz CT molecular complexity index is 674. The van der Waals surface area contributed by atoms with Gasteiger partial charge in [-0.25, -0.2) is 9.97 Å². The Labute approximate surface area is 114 Å². The van der Waals surface area contributed by atoms with Crippen LogP contribution < -0.4 is 4.68 Å². The van der Waals surface area contributed by atoms with Gasteiger partial charge in [0.05, 0.1) is 23.8 Å². The van der Waals surface area contributed by atoms with Crippen LogP contribution in [0.15, 0.2) is 30.9 Å². The van der Waals surface area contributed by atoms with E-state index in [9.17, 15) is 12.8 Å². The van der Waals surface area contributed by atoms with Crippen LogP contribution >= 0.6 is 0 Å². The molecule has 2 aromatic rings. The quantitative estimate of drug-likeness (QED) is 0.627. The van der Waals surface area contributed by atoms with Crippen LogP contribution in [0.5, 0.6) is 0 Å². The standard InChI is InChI=1S/C11H11FN4O3S/c12-11-8-13-10(7-14-11)9-2-4-16(15-6-9)3-1-5-20(17,18)19/h2,4,6-8H,1,3,5H2/p+1. The summed E-state index contributed by atoms with van der Waals surface area (Å²) in [4.78, 5) is 7.37. The number of aromatic nitrogens is 4. The van der Waals surface area contributed by atoms with Gasteiger partial charge in [0, 0.05) is 18.1 Å². The summed E-state index contributed by atoms with van der Waals surface area (Å²) in [5.74, 6) is -0.967. The molecule has 7 nitrogen and oxygen atoms in total. The van der Waals surface area contributed by atoms with E-state index < -0.39 is 16.1 Å². The highest BCUT2D eigenvalue weighted by Crippen LogP contribution is 2.12. The molecule has 20 heavy (non-hydrogen) atoms. The normalized spacial score (nSPS) is 11.5. The first-order chi connectivity index (χ1) is 9.44. The second kappa shape index (κ2) is 5.97. The SMILES string of the molecule is O=S(=O)(O)CCC[n+]1ccc(-c2cnc(F)cn2)cn1. The highest BCUT2D eigenvalue weighted by atomic mass is 32.2. The number of hydrogen-bond acceptors (Lipinski definition) is 5. The fourth-order valence-electron chi connectivity index (χ4n) is 1.54. The van der Waals surface area contributed by atoms with Gasteiger partial charge in [0.15, 0.2) is 12.7 Å². The maximum atomic E-state index is 12.6. The lowest BCUT2D eigenvalue weighted by molar-refractivity contribution is -0.753. The Kier molecular flexibility index (Phi) is 4.30. The highest BCUT2D eigenvalue weighted by molar-refractivity contribution is 7.85. The third kappa shape index (κ3) is 4.28. The number of aryl methyl sites for hydroxylation is 1. The van der Waals surface area contributed by atoms with Gasteiger partial charge in [-0.05, 0) is 5.10 Å². The molecule has 0 bridgehead atoms. The molecule has 0 unspecified atom stereocenters. The van der Waals surface area contributed by atoms with E-state index in [1.54, 1.807) is 12.3 Å². The minimum Gasteiger partial charge on any atom is -0.286 e. The monoisotopic (exact) mass is 299 g/mol. The molecule has 0 aromatic carbocycles. The van der Waals surface area contributed by atoms with E-state index >= 15 is 0 Å². The smallest absolute Gasteiger partial charge is 0.265 e. The average Bonchev–Trinajstić information content (AvgIpc) is 2.39. The summed E-state index contributed by atoms with van der Waals surface area (Å²) in [6.07, 6.45) is 5.74. The van der Waals surface area contributed by atoms with Crippen LogP contribution in [-0.4, -0.2) is 33.8 Å². The van der Waals surface area contributed by atoms with E-state index in [4.69, 9.17) is 4.55 Å². The molecule has 2 rings (SSSR count). The summed E-state index contributed by atoms with van der Waals surface area (Å²) in [5.41, 5.74) is 1.16. The first-order valence-corrected chi connectivity index (χ1v) is 7.34. The molecule has 9 heteroatoms. The Hall–Kier alpha value is -2.00. The first kappa shape index (κ1) is 14.4. The van der Waals surface area contributed by atoms with Gasteiger partial charge in [0.2, 0.25) is 5.95 Å². The Morgan fingerprint density at radius 1 is 1.25 bits per heavy atom. The summed E-state index contributed by atoms with van der Waals surface area (Å²) >= 11 is 0. The van der Waals surface area contributed by atoms with Gasteiger partial charge in [-0.2, -0.15) is 12.8 Å². The van der Waals surface area contributed by atoms with Crippen molar-refractivity contribution >= 4 is 10.1 Å². The zero-order chi connectivity index (χ0) is 14.6. The number of hydrogen-bond donors (Lipinski definition) is 1. The van der Waals surface area contributed by atoms with Crippen molar-refractivity contribution in [2.75, 3.05) is 5.75 Å². The molecule has 0 saturated heterocycles. The molecule has 2 heterocycles. The zero-order valence-electron chi connectivity index (χ0n) is 10.3. The fourth-order valence-corrected chi connectivity index (χ4v) is 2.03. The van der Waals surface area contributed by atoms with E-state index in [2.05, 4.69) is 15.1 Å². The van der Waals surface area contributed by atoms with Crippen molar-refractivity contribution in [2.24, 2.45) is 0 Å². The van der Waals surface area contributed by atoms with E-state index in [1.165, 1.54) is 17.1 Å². The van der Waals surface area contributed by atoms with Crippen molar-refractivity contribution in [1.29, 1.82) is 0 Å². The van der Waals surface area contributed by atoms with Crippen molar-refractivity contribution in [1.82, 2.24) is 15.1 Å². The van der Waals surface area contributed by atoms with Crippen LogP contribution in [0.4, 0.5) is 4.39 Å². The largest absolute Gasteiger partial charge is 0.286 e. The average molecular weight is 299 g/mol. The van der Waals surface area contributed by atoms with E-state index in [0.29, 0.717) is 17.8 Å².